The maximum atomic E-state index is 10.6. The number of nitrogens with zero attached hydrogens (tertiary/aromatic N) is 2. The van der Waals surface area contributed by atoms with Crippen molar-refractivity contribution in [3.63, 3.8) is 0 Å². The Kier molecular flexibility index (Phi) is 4.32. The predicted molar refractivity (Wildman–Crippen MR) is 84.6 cm³/mol. The van der Waals surface area contributed by atoms with E-state index in [-0.39, 0.29) is 0 Å². The van der Waals surface area contributed by atoms with Crippen LogP contribution in [-0.4, -0.2) is 41.4 Å². The Bertz CT molecular complexity index is 794. The zero-order chi connectivity index (χ0) is 18.4. The third-order valence-corrected chi connectivity index (χ3v) is 4.53. The minimum absolute atomic E-state index is 0.398. The average molecular weight is 378 g/mol. The molecule has 1 aromatic heterocycles. The number of oxazole rings is 1. The van der Waals surface area contributed by atoms with E-state index in [0.717, 1.165) is 37.0 Å². The van der Waals surface area contributed by atoms with E-state index in [9.17, 15) is 13.2 Å². The Morgan fingerprint density at radius 2 is 2.00 bits per heavy atom. The van der Waals surface area contributed by atoms with Crippen molar-refractivity contribution in [1.82, 2.24) is 4.98 Å². The van der Waals surface area contributed by atoms with Crippen molar-refractivity contribution in [3.05, 3.63) is 23.2 Å². The number of anilines is 1. The molecule has 1 saturated heterocycles. The van der Waals surface area contributed by atoms with E-state index in [4.69, 9.17) is 31.7 Å². The smallest absolute Gasteiger partial charge is 0.475 e. The van der Waals surface area contributed by atoms with Gasteiger partial charge in [-0.3, -0.25) is 0 Å². The van der Waals surface area contributed by atoms with E-state index in [1.807, 2.05) is 18.2 Å². The summed E-state index contributed by atoms with van der Waals surface area (Å²) in [7, 11) is 0. The van der Waals surface area contributed by atoms with Crippen molar-refractivity contribution in [2.24, 2.45) is 11.1 Å². The van der Waals surface area contributed by atoms with Crippen LogP contribution in [-0.2, 0) is 4.79 Å². The molecule has 0 bridgehead atoms. The molecule has 1 saturated carbocycles. The molecule has 1 spiro atoms. The number of nitrogens with two attached hydrogens (primary N) is 1. The van der Waals surface area contributed by atoms with Gasteiger partial charge in [0.15, 0.2) is 5.58 Å². The first-order valence-electron chi connectivity index (χ1n) is 7.45. The second-order valence-corrected chi connectivity index (χ2v) is 6.87. The van der Waals surface area contributed by atoms with Gasteiger partial charge in [-0.2, -0.15) is 18.2 Å². The molecule has 2 aliphatic rings. The van der Waals surface area contributed by atoms with Gasteiger partial charge in [0.1, 0.15) is 5.52 Å². The lowest BCUT2D eigenvalue weighted by atomic mass is 9.61. The lowest BCUT2D eigenvalue weighted by molar-refractivity contribution is -0.192. The molecular weight excluding hydrogens is 363 g/mol. The van der Waals surface area contributed by atoms with Crippen molar-refractivity contribution in [1.29, 1.82) is 0 Å². The summed E-state index contributed by atoms with van der Waals surface area (Å²) in [5, 5.41) is 7.80. The number of halogens is 4. The molecule has 1 aromatic carbocycles. The molecule has 0 unspecified atom stereocenters. The monoisotopic (exact) mass is 377 g/mol. The Hall–Kier alpha value is -2.00. The van der Waals surface area contributed by atoms with Crippen molar-refractivity contribution < 1.29 is 27.5 Å². The predicted octanol–water partition coefficient (Wildman–Crippen LogP) is 3.04. The van der Waals surface area contributed by atoms with Gasteiger partial charge in [-0.05, 0) is 25.0 Å². The standard InChI is InChI=1S/C13H14ClN3O.C2HF3O2/c14-8-1-2-10-11(3-8)18-12(16-10)17-6-13(7-17)4-9(15)5-13;3-2(4,5)1(6)7/h1-3,9H,4-7,15H2;(H,6,7). The SMILES string of the molecule is NC1CC2(C1)CN(c1nc3ccc(Cl)cc3o1)C2.O=C(O)C(F)(F)F. The molecule has 1 aliphatic carbocycles. The largest absolute Gasteiger partial charge is 0.490 e. The van der Waals surface area contributed by atoms with Gasteiger partial charge in [0.05, 0.1) is 0 Å². The third-order valence-electron chi connectivity index (χ3n) is 4.30. The minimum atomic E-state index is -5.08. The summed E-state index contributed by atoms with van der Waals surface area (Å²) in [6.07, 6.45) is -2.81. The van der Waals surface area contributed by atoms with Crippen LogP contribution < -0.4 is 10.6 Å². The molecule has 3 N–H and O–H groups in total. The summed E-state index contributed by atoms with van der Waals surface area (Å²) in [6, 6.07) is 6.63. The Balaban J connectivity index is 0.000000225. The third kappa shape index (κ3) is 3.67. The Morgan fingerprint density at radius 3 is 2.52 bits per heavy atom. The molecule has 2 heterocycles. The van der Waals surface area contributed by atoms with Crippen molar-refractivity contribution in [2.45, 2.75) is 25.1 Å². The fourth-order valence-electron chi connectivity index (χ4n) is 3.23. The fraction of sp³-hybridized carbons (Fsp3) is 0.467. The number of carbonyl (C=O) groups is 1. The molecule has 1 aliphatic heterocycles. The number of rotatable bonds is 1. The van der Waals surface area contributed by atoms with E-state index in [1.165, 1.54) is 0 Å². The van der Waals surface area contributed by atoms with Gasteiger partial charge in [-0.1, -0.05) is 11.6 Å². The van der Waals surface area contributed by atoms with Crippen LogP contribution in [0.15, 0.2) is 22.6 Å². The van der Waals surface area contributed by atoms with Crippen molar-refractivity contribution >= 4 is 34.7 Å². The van der Waals surface area contributed by atoms with Gasteiger partial charge in [0.2, 0.25) is 0 Å². The second kappa shape index (κ2) is 6.06. The maximum absolute atomic E-state index is 10.6. The summed E-state index contributed by atoms with van der Waals surface area (Å²) in [4.78, 5) is 15.6. The number of hydrogen-bond acceptors (Lipinski definition) is 5. The molecule has 2 fully saturated rings. The van der Waals surface area contributed by atoms with Gasteiger partial charge >= 0.3 is 12.1 Å². The normalized spacial score (nSPS) is 19.2. The maximum Gasteiger partial charge on any atom is 0.490 e. The topological polar surface area (TPSA) is 92.6 Å². The number of carboxylic acids is 1. The molecule has 2 aromatic rings. The summed E-state index contributed by atoms with van der Waals surface area (Å²) in [5.41, 5.74) is 7.91. The van der Waals surface area contributed by atoms with Crippen LogP contribution in [0.4, 0.5) is 19.2 Å². The summed E-state index contributed by atoms with van der Waals surface area (Å²) in [6.45, 7) is 2.03. The van der Waals surface area contributed by atoms with Crippen LogP contribution >= 0.6 is 11.6 Å². The van der Waals surface area contributed by atoms with E-state index >= 15 is 0 Å². The summed E-state index contributed by atoms with van der Waals surface area (Å²) >= 11 is 5.93. The first-order chi connectivity index (χ1) is 11.6. The van der Waals surface area contributed by atoms with Gasteiger partial charge in [0, 0.05) is 35.6 Å². The van der Waals surface area contributed by atoms with E-state index in [0.29, 0.717) is 22.5 Å². The van der Waals surface area contributed by atoms with Gasteiger partial charge in [-0.25, -0.2) is 4.79 Å². The zero-order valence-corrected chi connectivity index (χ0v) is 13.6. The number of aliphatic carboxylic acids is 1. The number of aromatic nitrogens is 1. The average Bonchev–Trinajstić information content (AvgIpc) is 2.83. The van der Waals surface area contributed by atoms with Crippen LogP contribution in [0.1, 0.15) is 12.8 Å². The highest BCUT2D eigenvalue weighted by molar-refractivity contribution is 6.31. The minimum Gasteiger partial charge on any atom is -0.475 e. The number of carboxylic acid groups (broad SMARTS) is 1. The zero-order valence-electron chi connectivity index (χ0n) is 12.9. The molecule has 0 atom stereocenters. The lowest BCUT2D eigenvalue weighted by Gasteiger charge is -2.57. The fourth-order valence-corrected chi connectivity index (χ4v) is 3.39. The number of hydrogen-bond donors (Lipinski definition) is 2. The molecule has 6 nitrogen and oxygen atoms in total. The summed E-state index contributed by atoms with van der Waals surface area (Å²) in [5.74, 6) is -2.76. The van der Waals surface area contributed by atoms with Crippen LogP contribution in [0.3, 0.4) is 0 Å². The Morgan fingerprint density at radius 1 is 1.40 bits per heavy atom. The first-order valence-corrected chi connectivity index (χ1v) is 7.83. The molecule has 136 valence electrons. The van der Waals surface area contributed by atoms with Gasteiger partial charge in [0.25, 0.3) is 6.01 Å². The highest BCUT2D eigenvalue weighted by Crippen LogP contribution is 2.48. The molecule has 10 heteroatoms. The van der Waals surface area contributed by atoms with Gasteiger partial charge in [-0.15, -0.1) is 0 Å². The number of alkyl halides is 3. The van der Waals surface area contributed by atoms with E-state index in [2.05, 4.69) is 9.88 Å². The molecule has 4 rings (SSSR count). The number of fused-ring (bicyclic) bond motifs is 1. The number of benzene rings is 1. The molecule has 25 heavy (non-hydrogen) atoms. The van der Waals surface area contributed by atoms with Gasteiger partial charge < -0.3 is 20.2 Å². The molecule has 0 amide bonds. The van der Waals surface area contributed by atoms with Crippen LogP contribution in [0.5, 0.6) is 0 Å². The van der Waals surface area contributed by atoms with Crippen molar-refractivity contribution in [2.75, 3.05) is 18.0 Å². The van der Waals surface area contributed by atoms with E-state index < -0.39 is 12.1 Å². The van der Waals surface area contributed by atoms with Crippen LogP contribution in [0.25, 0.3) is 11.1 Å². The highest BCUT2D eigenvalue weighted by Gasteiger charge is 2.52. The second-order valence-electron chi connectivity index (χ2n) is 6.44. The molecular formula is C15H15ClF3N3O3. The lowest BCUT2D eigenvalue weighted by Crippen LogP contribution is -2.65. The summed E-state index contributed by atoms with van der Waals surface area (Å²) < 4.78 is 37.5. The van der Waals surface area contributed by atoms with Crippen molar-refractivity contribution in [3.8, 4) is 0 Å². The van der Waals surface area contributed by atoms with Crippen LogP contribution in [0.2, 0.25) is 5.02 Å². The highest BCUT2D eigenvalue weighted by atomic mass is 35.5. The first kappa shape index (κ1) is 17.8. The molecule has 0 radical (unpaired) electrons. The quantitative estimate of drug-likeness (QED) is 0.793. The van der Waals surface area contributed by atoms with Crippen LogP contribution in [0, 0.1) is 5.41 Å². The van der Waals surface area contributed by atoms with E-state index in [1.54, 1.807) is 0 Å². The Labute approximate surface area is 145 Å².